The normalized spacial score (nSPS) is 19.5. The molecule has 1 aromatic carbocycles. The smallest absolute Gasteiger partial charge is 0.243 e. The second kappa shape index (κ2) is 8.43. The first-order valence-corrected chi connectivity index (χ1v) is 11.7. The fraction of sp³-hybridized carbons (Fsp3) is 0.600. The van der Waals surface area contributed by atoms with E-state index in [-0.39, 0.29) is 29.2 Å². The van der Waals surface area contributed by atoms with Crippen molar-refractivity contribution in [1.29, 1.82) is 0 Å². The van der Waals surface area contributed by atoms with E-state index in [2.05, 4.69) is 0 Å². The Morgan fingerprint density at radius 3 is 2.33 bits per heavy atom. The van der Waals surface area contributed by atoms with Crippen LogP contribution in [0.15, 0.2) is 23.1 Å². The van der Waals surface area contributed by atoms with Crippen molar-refractivity contribution < 1.29 is 27.5 Å². The van der Waals surface area contributed by atoms with Gasteiger partial charge in [0, 0.05) is 51.6 Å². The van der Waals surface area contributed by atoms with Crippen LogP contribution in [-0.2, 0) is 19.6 Å². The second-order valence-electron chi connectivity index (χ2n) is 7.90. The summed E-state index contributed by atoms with van der Waals surface area (Å²) < 4.78 is 38.1. The van der Waals surface area contributed by atoms with Gasteiger partial charge in [0.05, 0.1) is 24.7 Å². The summed E-state index contributed by atoms with van der Waals surface area (Å²) in [5, 5.41) is 0. The molecule has 1 saturated carbocycles. The van der Waals surface area contributed by atoms with E-state index in [4.69, 9.17) is 9.47 Å². The number of piperazine rings is 1. The zero-order valence-corrected chi connectivity index (χ0v) is 17.9. The maximum Gasteiger partial charge on any atom is 0.243 e. The number of hydrogen-bond acceptors (Lipinski definition) is 6. The molecule has 30 heavy (non-hydrogen) atoms. The van der Waals surface area contributed by atoms with Gasteiger partial charge in [0.25, 0.3) is 0 Å². The lowest BCUT2D eigenvalue weighted by Crippen LogP contribution is -2.53. The first kappa shape index (κ1) is 20.9. The molecule has 0 unspecified atom stereocenters. The predicted molar refractivity (Wildman–Crippen MR) is 108 cm³/mol. The predicted octanol–water partition coefficient (Wildman–Crippen LogP) is 0.549. The lowest BCUT2D eigenvalue weighted by molar-refractivity contribution is -0.140. The maximum atomic E-state index is 13.0. The Kier molecular flexibility index (Phi) is 5.88. The highest BCUT2D eigenvalue weighted by Gasteiger charge is 2.35. The quantitative estimate of drug-likeness (QED) is 0.668. The first-order chi connectivity index (χ1) is 14.4. The zero-order chi connectivity index (χ0) is 21.3. The van der Waals surface area contributed by atoms with Crippen LogP contribution >= 0.6 is 0 Å². The molecular formula is C20H27N3O6S. The van der Waals surface area contributed by atoms with Crippen LogP contribution in [-0.4, -0.2) is 87.3 Å². The van der Waals surface area contributed by atoms with Crippen LogP contribution in [0.25, 0.3) is 0 Å². The van der Waals surface area contributed by atoms with Gasteiger partial charge in [-0.05, 0) is 25.0 Å². The van der Waals surface area contributed by atoms with Crippen molar-refractivity contribution in [3.05, 3.63) is 18.2 Å². The summed E-state index contributed by atoms with van der Waals surface area (Å²) in [5.41, 5.74) is 0. The Morgan fingerprint density at radius 1 is 1.03 bits per heavy atom. The van der Waals surface area contributed by atoms with Crippen molar-refractivity contribution in [2.24, 2.45) is 5.92 Å². The molecule has 164 valence electrons. The molecular weight excluding hydrogens is 410 g/mol. The minimum absolute atomic E-state index is 0.0573. The van der Waals surface area contributed by atoms with Gasteiger partial charge in [-0.3, -0.25) is 9.59 Å². The average Bonchev–Trinajstić information content (AvgIpc) is 3.59. The molecule has 10 heteroatoms. The number of nitrogens with zero attached hydrogens (tertiary/aromatic N) is 3. The van der Waals surface area contributed by atoms with Crippen LogP contribution in [0.4, 0.5) is 0 Å². The largest absolute Gasteiger partial charge is 0.490 e. The van der Waals surface area contributed by atoms with Gasteiger partial charge >= 0.3 is 0 Å². The molecule has 0 radical (unpaired) electrons. The number of ether oxygens (including phenoxy) is 2. The number of amides is 2. The number of benzene rings is 1. The minimum atomic E-state index is -3.86. The number of likely N-dealkylation sites (N-methyl/N-ethyl adjacent to an activating group) is 1. The zero-order valence-electron chi connectivity index (χ0n) is 17.1. The van der Waals surface area contributed by atoms with E-state index >= 15 is 0 Å². The number of hydrogen-bond donors (Lipinski definition) is 0. The number of carbonyl (C=O) groups excluding carboxylic acids is 2. The summed E-state index contributed by atoms with van der Waals surface area (Å²) in [4.78, 5) is 28.3. The molecule has 1 aliphatic carbocycles. The van der Waals surface area contributed by atoms with Gasteiger partial charge < -0.3 is 19.3 Å². The molecule has 3 aliphatic rings. The van der Waals surface area contributed by atoms with E-state index in [9.17, 15) is 18.0 Å². The van der Waals surface area contributed by atoms with Gasteiger partial charge in [-0.2, -0.15) is 4.31 Å². The van der Waals surface area contributed by atoms with E-state index in [0.29, 0.717) is 50.9 Å². The lowest BCUT2D eigenvalue weighted by atomic mass is 10.2. The summed E-state index contributed by atoms with van der Waals surface area (Å²) in [7, 11) is -2.47. The van der Waals surface area contributed by atoms with Crippen molar-refractivity contribution in [3.8, 4) is 11.5 Å². The lowest BCUT2D eigenvalue weighted by Gasteiger charge is -2.35. The summed E-state index contributed by atoms with van der Waals surface area (Å²) in [6.07, 6.45) is 2.64. The van der Waals surface area contributed by atoms with Gasteiger partial charge in [-0.25, -0.2) is 8.42 Å². The summed E-state index contributed by atoms with van der Waals surface area (Å²) in [6.45, 7) is 2.57. The van der Waals surface area contributed by atoms with Gasteiger partial charge in [0.1, 0.15) is 0 Å². The highest BCUT2D eigenvalue weighted by atomic mass is 32.2. The van der Waals surface area contributed by atoms with E-state index in [1.165, 1.54) is 19.2 Å². The standard InChI is InChI=1S/C20H27N3O6S/c1-21(14-19(24)22-7-9-23(10-8-22)20(25)15-3-4-15)30(26,27)16-5-6-17-18(13-16)29-12-2-11-28-17/h5-6,13,15H,2-4,7-12,14H2,1H3. The van der Waals surface area contributed by atoms with E-state index < -0.39 is 10.0 Å². The highest BCUT2D eigenvalue weighted by Crippen LogP contribution is 2.33. The third-order valence-corrected chi connectivity index (χ3v) is 7.46. The van der Waals surface area contributed by atoms with Gasteiger partial charge in [-0.1, -0.05) is 0 Å². The Labute approximate surface area is 176 Å². The van der Waals surface area contributed by atoms with E-state index in [1.54, 1.807) is 15.9 Å². The number of carbonyl (C=O) groups is 2. The van der Waals surface area contributed by atoms with Crippen molar-refractivity contribution in [1.82, 2.24) is 14.1 Å². The van der Waals surface area contributed by atoms with Crippen molar-refractivity contribution in [2.75, 3.05) is 53.0 Å². The van der Waals surface area contributed by atoms with Crippen LogP contribution in [0.3, 0.4) is 0 Å². The Balaban J connectivity index is 1.37. The van der Waals surface area contributed by atoms with Crippen LogP contribution in [0.1, 0.15) is 19.3 Å². The number of sulfonamides is 1. The molecule has 4 rings (SSSR count). The second-order valence-corrected chi connectivity index (χ2v) is 9.95. The van der Waals surface area contributed by atoms with Crippen molar-refractivity contribution >= 4 is 21.8 Å². The van der Waals surface area contributed by atoms with Crippen LogP contribution in [0, 0.1) is 5.92 Å². The SMILES string of the molecule is CN(CC(=O)N1CCN(C(=O)C2CC2)CC1)S(=O)(=O)c1ccc2c(c1)OCCCO2. The van der Waals surface area contributed by atoms with Crippen LogP contribution < -0.4 is 9.47 Å². The van der Waals surface area contributed by atoms with Crippen LogP contribution in [0.5, 0.6) is 11.5 Å². The average molecular weight is 438 g/mol. The molecule has 0 spiro atoms. The molecule has 2 fully saturated rings. The Morgan fingerprint density at radius 2 is 1.67 bits per heavy atom. The molecule has 0 N–H and O–H groups in total. The number of fused-ring (bicyclic) bond motifs is 1. The molecule has 0 atom stereocenters. The number of rotatable bonds is 5. The van der Waals surface area contributed by atoms with Gasteiger partial charge in [0.2, 0.25) is 21.8 Å². The summed E-state index contributed by atoms with van der Waals surface area (Å²) in [5.74, 6) is 0.984. The fourth-order valence-electron chi connectivity index (χ4n) is 3.62. The van der Waals surface area contributed by atoms with Crippen molar-refractivity contribution in [3.63, 3.8) is 0 Å². The molecule has 2 aliphatic heterocycles. The van der Waals surface area contributed by atoms with Crippen LogP contribution in [0.2, 0.25) is 0 Å². The van der Waals surface area contributed by atoms with Gasteiger partial charge in [-0.15, -0.1) is 0 Å². The fourth-order valence-corrected chi connectivity index (χ4v) is 4.76. The molecule has 1 aromatic rings. The van der Waals surface area contributed by atoms with E-state index in [0.717, 1.165) is 23.6 Å². The monoisotopic (exact) mass is 437 g/mol. The molecule has 0 aromatic heterocycles. The minimum Gasteiger partial charge on any atom is -0.490 e. The summed E-state index contributed by atoms with van der Waals surface area (Å²) in [6, 6.07) is 4.49. The van der Waals surface area contributed by atoms with Gasteiger partial charge in [0.15, 0.2) is 11.5 Å². The van der Waals surface area contributed by atoms with Crippen molar-refractivity contribution in [2.45, 2.75) is 24.2 Å². The molecule has 2 heterocycles. The topological polar surface area (TPSA) is 96.5 Å². The molecule has 0 bridgehead atoms. The Bertz CT molecular complexity index is 922. The first-order valence-electron chi connectivity index (χ1n) is 10.3. The third-order valence-electron chi connectivity index (χ3n) is 5.66. The Hall–Kier alpha value is -2.33. The maximum absolute atomic E-state index is 13.0. The third kappa shape index (κ3) is 4.39. The van der Waals surface area contributed by atoms with E-state index in [1.807, 2.05) is 0 Å². The summed E-state index contributed by atoms with van der Waals surface area (Å²) >= 11 is 0. The molecule has 9 nitrogen and oxygen atoms in total. The molecule has 1 saturated heterocycles. The molecule has 2 amide bonds. The highest BCUT2D eigenvalue weighted by molar-refractivity contribution is 7.89.